The molecule has 0 amide bonds. The van der Waals surface area contributed by atoms with Gasteiger partial charge in [-0.2, -0.15) is 0 Å². The van der Waals surface area contributed by atoms with Gasteiger partial charge in [-0.15, -0.1) is 0 Å². The fourth-order valence-electron chi connectivity index (χ4n) is 4.38. The van der Waals surface area contributed by atoms with Crippen molar-refractivity contribution >= 4 is 28.9 Å². The molecule has 0 fully saturated rings. The molecule has 0 radical (unpaired) electrons. The maximum Gasteiger partial charge on any atom is 0.237 e. The molecule has 0 bridgehead atoms. The zero-order valence-corrected chi connectivity index (χ0v) is 21.4. The van der Waals surface area contributed by atoms with Crippen molar-refractivity contribution in [3.8, 4) is 0 Å². The number of carbonyl (C=O) groups is 4. The number of hydrogen-bond donors (Lipinski definition) is 1. The van der Waals surface area contributed by atoms with Gasteiger partial charge >= 0.3 is 0 Å². The van der Waals surface area contributed by atoms with Crippen LogP contribution >= 0.6 is 0 Å². The summed E-state index contributed by atoms with van der Waals surface area (Å²) < 4.78 is 0. The molecule has 192 valence electrons. The van der Waals surface area contributed by atoms with E-state index in [-0.39, 0.29) is 28.5 Å². The largest absolute Gasteiger partial charge is 0.507 e. The van der Waals surface area contributed by atoms with Crippen molar-refractivity contribution in [1.82, 2.24) is 0 Å². The molecule has 5 heteroatoms. The van der Waals surface area contributed by atoms with Gasteiger partial charge in [-0.3, -0.25) is 19.2 Å². The summed E-state index contributed by atoms with van der Waals surface area (Å²) in [6.07, 6.45) is 17.0. The second-order valence-electron chi connectivity index (χ2n) is 9.24. The van der Waals surface area contributed by atoms with Gasteiger partial charge in [0.15, 0.2) is 11.6 Å². The molecule has 0 saturated carbocycles. The van der Waals surface area contributed by atoms with E-state index < -0.39 is 11.6 Å². The van der Waals surface area contributed by atoms with E-state index in [2.05, 4.69) is 6.92 Å². The van der Waals surface area contributed by atoms with Crippen LogP contribution in [0.1, 0.15) is 101 Å². The smallest absolute Gasteiger partial charge is 0.237 e. The van der Waals surface area contributed by atoms with Crippen LogP contribution in [0.4, 0.5) is 0 Å². The Balaban J connectivity index is 0.000000262. The van der Waals surface area contributed by atoms with Gasteiger partial charge in [0.2, 0.25) is 11.6 Å². The number of allylic oxidation sites excluding steroid dienone is 5. The van der Waals surface area contributed by atoms with Crippen LogP contribution in [-0.4, -0.2) is 28.2 Å². The molecule has 2 aromatic carbocycles. The molecule has 0 atom stereocenters. The lowest BCUT2D eigenvalue weighted by Crippen LogP contribution is -2.23. The Kier molecular flexibility index (Phi) is 10.5. The second-order valence-corrected chi connectivity index (χ2v) is 9.24. The first-order valence-electron chi connectivity index (χ1n) is 13.1. The van der Waals surface area contributed by atoms with Crippen molar-refractivity contribution in [3.05, 3.63) is 101 Å². The molecule has 0 unspecified atom stereocenters. The molecule has 37 heavy (non-hydrogen) atoms. The van der Waals surface area contributed by atoms with Crippen LogP contribution in [0.25, 0.3) is 5.76 Å². The highest BCUT2D eigenvalue weighted by molar-refractivity contribution is 6.52. The van der Waals surface area contributed by atoms with Gasteiger partial charge in [0.25, 0.3) is 0 Å². The number of carbonyl (C=O) groups excluding carboxylic acids is 4. The van der Waals surface area contributed by atoms with Gasteiger partial charge < -0.3 is 5.11 Å². The summed E-state index contributed by atoms with van der Waals surface area (Å²) in [5.41, 5.74) is 1.85. The molecule has 1 N–H and O–H groups in total. The molecule has 5 nitrogen and oxygen atoms in total. The summed E-state index contributed by atoms with van der Waals surface area (Å²) in [7, 11) is 0. The zero-order chi connectivity index (χ0) is 26.6. The highest BCUT2D eigenvalue weighted by Gasteiger charge is 2.31. The Bertz CT molecular complexity index is 1210. The molecule has 0 spiro atoms. The lowest BCUT2D eigenvalue weighted by atomic mass is 9.88. The second kappa shape index (κ2) is 14.0. The summed E-state index contributed by atoms with van der Waals surface area (Å²) in [6, 6.07) is 13.5. The lowest BCUT2D eigenvalue weighted by Gasteiger charge is -2.15. The van der Waals surface area contributed by atoms with E-state index in [0.29, 0.717) is 16.7 Å². The Hall–Kier alpha value is -3.86. The van der Waals surface area contributed by atoms with Gasteiger partial charge in [-0.25, -0.2) is 0 Å². The fraction of sp³-hybridized carbons (Fsp3) is 0.312. The maximum absolute atomic E-state index is 12.2. The predicted octanol–water partition coefficient (Wildman–Crippen LogP) is 7.43. The number of fused-ring (bicyclic) bond motifs is 2. The van der Waals surface area contributed by atoms with Gasteiger partial charge in [0, 0.05) is 22.3 Å². The maximum atomic E-state index is 12.2. The van der Waals surface area contributed by atoms with E-state index in [9.17, 15) is 24.3 Å². The molecule has 0 saturated heterocycles. The van der Waals surface area contributed by atoms with Crippen LogP contribution in [0.2, 0.25) is 0 Å². The van der Waals surface area contributed by atoms with Gasteiger partial charge in [0.1, 0.15) is 5.76 Å². The van der Waals surface area contributed by atoms with Crippen LogP contribution in [0.15, 0.2) is 78.4 Å². The quantitative estimate of drug-likeness (QED) is 0.272. The minimum absolute atomic E-state index is 0.0904. The normalized spacial score (nSPS) is 14.5. The van der Waals surface area contributed by atoms with Crippen molar-refractivity contribution in [3.63, 3.8) is 0 Å². The van der Waals surface area contributed by atoms with E-state index >= 15 is 0 Å². The molecule has 0 heterocycles. The Morgan fingerprint density at radius 3 is 1.68 bits per heavy atom. The number of ketones is 4. The molecule has 0 aromatic heterocycles. The summed E-state index contributed by atoms with van der Waals surface area (Å²) in [4.78, 5) is 46.7. The topological polar surface area (TPSA) is 88.5 Å². The third-order valence-corrected chi connectivity index (χ3v) is 6.49. The molecule has 2 aliphatic rings. The SMILES string of the molecule is CCCCCCCCCC/C=C/C1=C(O)c2ccccc2C(=O)C1=O.O=C1C=CC(=O)c2ccccc21. The van der Waals surface area contributed by atoms with Crippen molar-refractivity contribution in [2.24, 2.45) is 0 Å². The number of Topliss-reactive ketones (excluding diaryl/α,β-unsaturated/α-hetero) is 2. The fourth-order valence-corrected chi connectivity index (χ4v) is 4.38. The van der Waals surface area contributed by atoms with Crippen LogP contribution in [-0.2, 0) is 4.79 Å². The molecule has 0 aliphatic heterocycles. The van der Waals surface area contributed by atoms with E-state index in [1.807, 2.05) is 6.08 Å². The van der Waals surface area contributed by atoms with Crippen LogP contribution in [0, 0.1) is 0 Å². The van der Waals surface area contributed by atoms with Gasteiger partial charge in [-0.05, 0) is 25.0 Å². The van der Waals surface area contributed by atoms with E-state index in [1.54, 1.807) is 54.6 Å². The summed E-state index contributed by atoms with van der Waals surface area (Å²) in [5.74, 6) is -1.44. The summed E-state index contributed by atoms with van der Waals surface area (Å²) in [6.45, 7) is 2.22. The minimum atomic E-state index is -0.622. The molecular formula is C32H34O5. The molecule has 2 aliphatic carbocycles. The number of benzene rings is 2. The van der Waals surface area contributed by atoms with Gasteiger partial charge in [-0.1, -0.05) is 113 Å². The summed E-state index contributed by atoms with van der Waals surface area (Å²) in [5, 5.41) is 10.3. The highest BCUT2D eigenvalue weighted by atomic mass is 16.3. The summed E-state index contributed by atoms with van der Waals surface area (Å²) >= 11 is 0. The van der Waals surface area contributed by atoms with Crippen molar-refractivity contribution < 1.29 is 24.3 Å². The van der Waals surface area contributed by atoms with Gasteiger partial charge in [0.05, 0.1) is 5.57 Å². The number of hydrogen-bond acceptors (Lipinski definition) is 5. The first-order valence-corrected chi connectivity index (χ1v) is 13.1. The van der Waals surface area contributed by atoms with Crippen LogP contribution in [0.5, 0.6) is 0 Å². The zero-order valence-electron chi connectivity index (χ0n) is 21.4. The van der Waals surface area contributed by atoms with E-state index in [0.717, 1.165) is 12.8 Å². The molecule has 2 aromatic rings. The third kappa shape index (κ3) is 7.32. The number of aliphatic hydroxyl groups excluding tert-OH is 1. The van der Waals surface area contributed by atoms with E-state index in [1.165, 1.54) is 57.1 Å². The Labute approximate surface area is 218 Å². The average molecular weight is 499 g/mol. The standard InChI is InChI=1S/C22H28O3.C10H6O2/c1-2-3-4-5-6-7-8-9-10-11-16-19-20(23)17-14-12-13-15-18(17)21(24)22(19)25;11-9-5-6-10(12)8-4-2-1-3-7(8)9/h11-16,23H,2-10H2,1H3;1-6H/b16-11+;. The number of aliphatic hydroxyl groups is 1. The van der Waals surface area contributed by atoms with Crippen molar-refractivity contribution in [2.75, 3.05) is 0 Å². The van der Waals surface area contributed by atoms with Crippen LogP contribution < -0.4 is 0 Å². The predicted molar refractivity (Wildman–Crippen MR) is 146 cm³/mol. The molecule has 4 rings (SSSR count). The number of unbranched alkanes of at least 4 members (excludes halogenated alkanes) is 8. The first kappa shape index (κ1) is 27.7. The van der Waals surface area contributed by atoms with Crippen molar-refractivity contribution in [1.29, 1.82) is 0 Å². The average Bonchev–Trinajstić information content (AvgIpc) is 2.93. The Morgan fingerprint density at radius 2 is 1.11 bits per heavy atom. The monoisotopic (exact) mass is 498 g/mol. The van der Waals surface area contributed by atoms with Crippen molar-refractivity contribution in [2.45, 2.75) is 64.7 Å². The Morgan fingerprint density at radius 1 is 0.622 bits per heavy atom. The third-order valence-electron chi connectivity index (χ3n) is 6.49. The molecular weight excluding hydrogens is 464 g/mol. The highest BCUT2D eigenvalue weighted by Crippen LogP contribution is 2.28. The minimum Gasteiger partial charge on any atom is -0.507 e. The lowest BCUT2D eigenvalue weighted by molar-refractivity contribution is -0.111. The van der Waals surface area contributed by atoms with E-state index in [4.69, 9.17) is 0 Å². The van der Waals surface area contributed by atoms with Crippen LogP contribution in [0.3, 0.4) is 0 Å². The first-order chi connectivity index (χ1) is 18.0. The number of rotatable bonds is 10.